The Kier molecular flexibility index (Phi) is 3.93. The number of hydrogen-bond acceptors (Lipinski definition) is 4. The molecule has 2 aliphatic heterocycles. The number of nitrogens with one attached hydrogen (secondary N) is 1. The molecule has 1 spiro atoms. The maximum absolute atomic E-state index is 13.0. The van der Waals surface area contributed by atoms with E-state index in [9.17, 15) is 9.18 Å². The number of rotatable bonds is 4. The van der Waals surface area contributed by atoms with Crippen molar-refractivity contribution >= 4 is 5.97 Å². The highest BCUT2D eigenvalue weighted by Crippen LogP contribution is 2.70. The van der Waals surface area contributed by atoms with Gasteiger partial charge in [-0.05, 0) is 42.9 Å². The number of esters is 1. The molecule has 7 atom stereocenters. The fourth-order valence-electron chi connectivity index (χ4n) is 6.44. The number of ether oxygens (including phenoxy) is 2. The molecule has 1 aromatic carbocycles. The molecule has 7 unspecified atom stereocenters. The van der Waals surface area contributed by atoms with Gasteiger partial charge in [0.25, 0.3) is 0 Å². The number of carbonyl (C=O) groups excluding carboxylic acids is 1. The molecule has 27 heavy (non-hydrogen) atoms. The first-order chi connectivity index (χ1) is 12.9. The van der Waals surface area contributed by atoms with Gasteiger partial charge in [-0.15, -0.1) is 0 Å². The van der Waals surface area contributed by atoms with Gasteiger partial charge in [0.2, 0.25) is 0 Å². The van der Waals surface area contributed by atoms with E-state index >= 15 is 0 Å². The molecule has 2 heterocycles. The number of halogens is 1. The van der Waals surface area contributed by atoms with Crippen LogP contribution in [0.3, 0.4) is 0 Å². The number of epoxide rings is 1. The minimum Gasteiger partial charge on any atom is -0.462 e. The minimum absolute atomic E-state index is 0.00829. The molecule has 0 amide bonds. The topological polar surface area (TPSA) is 50.9 Å². The van der Waals surface area contributed by atoms with Crippen LogP contribution in [0.2, 0.25) is 0 Å². The Labute approximate surface area is 159 Å². The van der Waals surface area contributed by atoms with Crippen molar-refractivity contribution in [1.29, 1.82) is 0 Å². The van der Waals surface area contributed by atoms with E-state index in [0.29, 0.717) is 19.0 Å². The van der Waals surface area contributed by atoms with Crippen LogP contribution in [0, 0.1) is 29.0 Å². The maximum Gasteiger partial charge on any atom is 0.311 e. The van der Waals surface area contributed by atoms with Gasteiger partial charge in [-0.25, -0.2) is 4.39 Å². The van der Waals surface area contributed by atoms with E-state index in [-0.39, 0.29) is 46.8 Å². The highest BCUT2D eigenvalue weighted by Gasteiger charge is 2.78. The fourth-order valence-corrected chi connectivity index (χ4v) is 6.44. The fraction of sp³-hybridized carbons (Fsp3) is 0.682. The summed E-state index contributed by atoms with van der Waals surface area (Å²) >= 11 is 0. The van der Waals surface area contributed by atoms with Crippen LogP contribution in [0.15, 0.2) is 24.3 Å². The number of hydrogen-bond donors (Lipinski definition) is 1. The third-order valence-electron chi connectivity index (χ3n) is 7.80. The van der Waals surface area contributed by atoms with E-state index in [1.54, 1.807) is 12.1 Å². The van der Waals surface area contributed by atoms with Crippen LogP contribution in [-0.2, 0) is 20.8 Å². The first-order valence-electron chi connectivity index (χ1n) is 10.3. The molecule has 5 rings (SSSR count). The first-order valence-corrected chi connectivity index (χ1v) is 10.3. The third-order valence-corrected chi connectivity index (χ3v) is 7.80. The van der Waals surface area contributed by atoms with Crippen LogP contribution in [-0.4, -0.2) is 30.3 Å². The van der Waals surface area contributed by atoms with Crippen molar-refractivity contribution in [2.45, 2.75) is 63.9 Å². The first kappa shape index (κ1) is 17.6. The smallest absolute Gasteiger partial charge is 0.311 e. The van der Waals surface area contributed by atoms with Crippen molar-refractivity contribution in [2.24, 2.45) is 23.2 Å². The number of benzene rings is 1. The SMILES string of the molecule is CC1CCCC2(C)CC3OC(=O)C(CNCc4ccc(F)cc4)C3C3OC132. The molecule has 0 radical (unpaired) electrons. The van der Waals surface area contributed by atoms with Crippen LogP contribution in [0.1, 0.15) is 45.1 Å². The van der Waals surface area contributed by atoms with Gasteiger partial charge in [-0.2, -0.15) is 0 Å². The van der Waals surface area contributed by atoms with Gasteiger partial charge >= 0.3 is 5.97 Å². The second kappa shape index (κ2) is 6.02. The molecular weight excluding hydrogens is 345 g/mol. The zero-order chi connectivity index (χ0) is 18.8. The Balaban J connectivity index is 1.30. The van der Waals surface area contributed by atoms with Crippen LogP contribution in [0.5, 0.6) is 0 Å². The second-order valence-electron chi connectivity index (χ2n) is 9.31. The zero-order valence-electron chi connectivity index (χ0n) is 16.0. The summed E-state index contributed by atoms with van der Waals surface area (Å²) in [6, 6.07) is 6.47. The highest BCUT2D eigenvalue weighted by atomic mass is 19.1. The van der Waals surface area contributed by atoms with Crippen LogP contribution in [0.4, 0.5) is 4.39 Å². The molecule has 4 fully saturated rings. The normalized spacial score (nSPS) is 44.9. The largest absolute Gasteiger partial charge is 0.462 e. The van der Waals surface area contributed by atoms with E-state index in [2.05, 4.69) is 19.2 Å². The lowest BCUT2D eigenvalue weighted by atomic mass is 9.53. The summed E-state index contributed by atoms with van der Waals surface area (Å²) in [5.41, 5.74) is 1.10. The monoisotopic (exact) mass is 373 g/mol. The number of fused-ring (bicyclic) bond motifs is 2. The Morgan fingerprint density at radius 1 is 1.30 bits per heavy atom. The summed E-state index contributed by atoms with van der Waals surface area (Å²) in [4.78, 5) is 12.6. The third kappa shape index (κ3) is 2.51. The summed E-state index contributed by atoms with van der Waals surface area (Å²) in [5.74, 6) is 0.234. The summed E-state index contributed by atoms with van der Waals surface area (Å²) < 4.78 is 25.3. The summed E-state index contributed by atoms with van der Waals surface area (Å²) in [6.07, 6.45) is 4.70. The Bertz CT molecular complexity index is 752. The lowest BCUT2D eigenvalue weighted by Crippen LogP contribution is -2.54. The van der Waals surface area contributed by atoms with Gasteiger partial charge in [0.05, 0.1) is 12.0 Å². The molecule has 2 saturated carbocycles. The van der Waals surface area contributed by atoms with Crippen molar-refractivity contribution in [2.75, 3.05) is 6.54 Å². The molecular formula is C22H28FNO3. The van der Waals surface area contributed by atoms with Gasteiger partial charge in [0, 0.05) is 24.4 Å². The maximum atomic E-state index is 13.0. The Morgan fingerprint density at radius 2 is 2.07 bits per heavy atom. The molecule has 2 aliphatic carbocycles. The Hall–Kier alpha value is -1.46. The van der Waals surface area contributed by atoms with E-state index in [1.807, 2.05) is 0 Å². The van der Waals surface area contributed by atoms with E-state index < -0.39 is 0 Å². The van der Waals surface area contributed by atoms with E-state index in [0.717, 1.165) is 12.0 Å². The van der Waals surface area contributed by atoms with Gasteiger partial charge in [0.15, 0.2) is 0 Å². The second-order valence-corrected chi connectivity index (χ2v) is 9.31. The van der Waals surface area contributed by atoms with Crippen molar-refractivity contribution in [1.82, 2.24) is 5.32 Å². The summed E-state index contributed by atoms with van der Waals surface area (Å²) in [7, 11) is 0. The molecule has 1 N–H and O–H groups in total. The van der Waals surface area contributed by atoms with Crippen LogP contribution in [0.25, 0.3) is 0 Å². The average molecular weight is 373 g/mol. The van der Waals surface area contributed by atoms with Gasteiger partial charge < -0.3 is 14.8 Å². The molecule has 146 valence electrons. The van der Waals surface area contributed by atoms with Gasteiger partial charge in [-0.1, -0.05) is 32.4 Å². The van der Waals surface area contributed by atoms with Crippen molar-refractivity contribution in [3.63, 3.8) is 0 Å². The van der Waals surface area contributed by atoms with Crippen LogP contribution < -0.4 is 5.32 Å². The summed E-state index contributed by atoms with van der Waals surface area (Å²) in [5, 5.41) is 3.38. The van der Waals surface area contributed by atoms with Crippen molar-refractivity contribution < 1.29 is 18.7 Å². The zero-order valence-corrected chi connectivity index (χ0v) is 16.0. The average Bonchev–Trinajstić information content (AvgIpc) is 3.31. The summed E-state index contributed by atoms with van der Waals surface area (Å²) in [6.45, 7) is 5.86. The molecule has 1 aromatic rings. The lowest BCUT2D eigenvalue weighted by Gasteiger charge is -2.48. The number of carbonyl (C=O) groups is 1. The molecule has 0 bridgehead atoms. The predicted molar refractivity (Wildman–Crippen MR) is 98.3 cm³/mol. The van der Waals surface area contributed by atoms with E-state index in [1.165, 1.54) is 31.4 Å². The predicted octanol–water partition coefficient (Wildman–Crippen LogP) is 3.44. The molecule has 0 aromatic heterocycles. The van der Waals surface area contributed by atoms with Crippen LogP contribution >= 0.6 is 0 Å². The lowest BCUT2D eigenvalue weighted by molar-refractivity contribution is -0.146. The van der Waals surface area contributed by atoms with E-state index in [4.69, 9.17) is 9.47 Å². The minimum atomic E-state index is -0.232. The Morgan fingerprint density at radius 3 is 2.85 bits per heavy atom. The highest BCUT2D eigenvalue weighted by molar-refractivity contribution is 5.76. The molecule has 5 heteroatoms. The molecule has 2 saturated heterocycles. The standard InChI is InChI=1S/C22H28FNO3/c1-13-4-3-9-21(2)10-17-18(19-22(13,21)27-19)16(20(25)26-17)12-24-11-14-5-7-15(23)8-6-14/h5-8,13,16-19,24H,3-4,9-12H2,1-2H3. The van der Waals surface area contributed by atoms with Crippen molar-refractivity contribution in [3.8, 4) is 0 Å². The van der Waals surface area contributed by atoms with Crippen molar-refractivity contribution in [3.05, 3.63) is 35.6 Å². The van der Waals surface area contributed by atoms with Gasteiger partial charge in [0.1, 0.15) is 17.5 Å². The quantitative estimate of drug-likeness (QED) is 0.649. The molecule has 4 aliphatic rings. The molecule has 4 nitrogen and oxygen atoms in total. The van der Waals surface area contributed by atoms with Gasteiger partial charge in [-0.3, -0.25) is 4.79 Å².